The van der Waals surface area contributed by atoms with E-state index in [1.807, 2.05) is 0 Å². The molecule has 0 heterocycles. The van der Waals surface area contributed by atoms with E-state index in [-0.39, 0.29) is 5.97 Å². The molecule has 0 amide bonds. The lowest BCUT2D eigenvalue weighted by molar-refractivity contribution is -0.135. The van der Waals surface area contributed by atoms with Gasteiger partial charge in [0, 0.05) is 21.1 Å². The Hall–Kier alpha value is -0.653. The van der Waals surface area contributed by atoms with Crippen LogP contribution < -0.4 is 0 Å². The molecule has 0 aromatic carbocycles. The molecule has 0 aliphatic carbocycles. The Bertz CT molecular complexity index is 142. The van der Waals surface area contributed by atoms with Gasteiger partial charge in [-0.1, -0.05) is 0 Å². The third-order valence-electron chi connectivity index (χ3n) is 0.934. The molecule has 0 rings (SSSR count). The van der Waals surface area contributed by atoms with Gasteiger partial charge in [-0.2, -0.15) is 0 Å². The van der Waals surface area contributed by atoms with Crippen LogP contribution in [0.2, 0.25) is 0 Å². The smallest absolute Gasteiger partial charge is 0.350 e. The van der Waals surface area contributed by atoms with Crippen molar-refractivity contribution < 1.29 is 18.4 Å². The van der Waals surface area contributed by atoms with Crippen LogP contribution in [0.1, 0.15) is 6.92 Å². The van der Waals surface area contributed by atoms with Crippen LogP contribution in [-0.2, 0) is 18.4 Å². The predicted molar refractivity (Wildman–Crippen MR) is 42.1 cm³/mol. The van der Waals surface area contributed by atoms with Gasteiger partial charge in [-0.25, -0.2) is 0 Å². The van der Waals surface area contributed by atoms with Gasteiger partial charge in [0.15, 0.2) is 0 Å². The van der Waals surface area contributed by atoms with Gasteiger partial charge in [0.1, 0.15) is 0 Å². The third-order valence-corrected chi connectivity index (χ3v) is 2.33. The van der Waals surface area contributed by atoms with Crippen LogP contribution in [0.3, 0.4) is 0 Å². The van der Waals surface area contributed by atoms with E-state index in [1.54, 1.807) is 19.9 Å². The molecule has 0 aromatic rings. The second-order valence-electron chi connectivity index (χ2n) is 1.78. The molecule has 0 unspecified atom stereocenters. The summed E-state index contributed by atoms with van der Waals surface area (Å²) in [4.78, 5) is 10.3. The van der Waals surface area contributed by atoms with E-state index in [4.69, 9.17) is 8.85 Å². The highest BCUT2D eigenvalue weighted by Crippen LogP contribution is 1.88. The molecule has 11 heavy (non-hydrogen) atoms. The molecule has 0 saturated carbocycles. The van der Waals surface area contributed by atoms with Crippen LogP contribution in [0.25, 0.3) is 0 Å². The highest BCUT2D eigenvalue weighted by Gasteiger charge is 2.02. The van der Waals surface area contributed by atoms with Crippen molar-refractivity contribution in [1.29, 1.82) is 0 Å². The summed E-state index contributed by atoms with van der Waals surface area (Å²) in [5.74, 6) is -0.346. The summed E-state index contributed by atoms with van der Waals surface area (Å²) in [5, 5.41) is 0. The third kappa shape index (κ3) is 5.77. The van der Waals surface area contributed by atoms with Gasteiger partial charge in [0.05, 0.1) is 6.26 Å². The first-order chi connectivity index (χ1) is 5.20. The van der Waals surface area contributed by atoms with Gasteiger partial charge in [0.25, 0.3) is 0 Å². The zero-order chi connectivity index (χ0) is 8.69. The van der Waals surface area contributed by atoms with Crippen molar-refractivity contribution in [2.24, 2.45) is 0 Å². The molecular weight excluding hydrogens is 164 g/mol. The fourth-order valence-electron chi connectivity index (χ4n) is 0.453. The molecule has 0 radical (unpaired) electrons. The van der Waals surface area contributed by atoms with Gasteiger partial charge in [0.2, 0.25) is 0 Å². The molecule has 64 valence electrons. The lowest BCUT2D eigenvalue weighted by Gasteiger charge is -2.03. The molecule has 0 aromatic heterocycles. The summed E-state index contributed by atoms with van der Waals surface area (Å²) in [6.45, 7) is 1.33. The number of hydrogen-bond donors (Lipinski definition) is 0. The normalized spacial score (nSPS) is 10.9. The van der Waals surface area contributed by atoms with E-state index in [0.29, 0.717) is 0 Å². The Morgan fingerprint density at radius 1 is 1.36 bits per heavy atom. The SMILES string of the molecule is CO[SiH](C=COC(C)=O)OC. The molecule has 0 bridgehead atoms. The lowest BCUT2D eigenvalue weighted by Crippen LogP contribution is -2.15. The van der Waals surface area contributed by atoms with Crippen molar-refractivity contribution in [2.75, 3.05) is 14.2 Å². The topological polar surface area (TPSA) is 44.8 Å². The molecule has 0 spiro atoms. The molecular formula is C6H12O4Si. The molecule has 0 aliphatic heterocycles. The Kier molecular flexibility index (Phi) is 5.72. The van der Waals surface area contributed by atoms with E-state index in [2.05, 4.69) is 4.74 Å². The highest BCUT2D eigenvalue weighted by atomic mass is 28.3. The summed E-state index contributed by atoms with van der Waals surface area (Å²) in [7, 11) is 1.40. The maximum atomic E-state index is 10.3. The number of ether oxygens (including phenoxy) is 1. The zero-order valence-corrected chi connectivity index (χ0v) is 8.02. The van der Waals surface area contributed by atoms with Crippen molar-refractivity contribution in [1.82, 2.24) is 0 Å². The minimum atomic E-state index is -1.71. The number of carbonyl (C=O) groups excluding carboxylic acids is 1. The van der Waals surface area contributed by atoms with Crippen molar-refractivity contribution >= 4 is 15.3 Å². The lowest BCUT2D eigenvalue weighted by atomic mass is 10.8. The molecule has 5 heteroatoms. The van der Waals surface area contributed by atoms with E-state index >= 15 is 0 Å². The van der Waals surface area contributed by atoms with Crippen LogP contribution in [0.15, 0.2) is 12.0 Å². The first kappa shape index (κ1) is 10.3. The van der Waals surface area contributed by atoms with Crippen molar-refractivity contribution in [2.45, 2.75) is 6.92 Å². The minimum absolute atomic E-state index is 0.346. The number of hydrogen-bond acceptors (Lipinski definition) is 4. The predicted octanol–water partition coefficient (Wildman–Crippen LogP) is 0.116. The highest BCUT2D eigenvalue weighted by molar-refractivity contribution is 6.50. The van der Waals surface area contributed by atoms with E-state index < -0.39 is 9.28 Å². The summed E-state index contributed by atoms with van der Waals surface area (Å²) in [6, 6.07) is 0. The summed E-state index contributed by atoms with van der Waals surface area (Å²) in [6.07, 6.45) is 1.30. The Morgan fingerprint density at radius 2 is 1.91 bits per heavy atom. The second kappa shape index (κ2) is 6.08. The first-order valence-electron chi connectivity index (χ1n) is 3.10. The van der Waals surface area contributed by atoms with Crippen LogP contribution in [0.5, 0.6) is 0 Å². The zero-order valence-electron chi connectivity index (χ0n) is 6.87. The first-order valence-corrected chi connectivity index (χ1v) is 4.71. The van der Waals surface area contributed by atoms with E-state index in [1.165, 1.54) is 13.2 Å². The maximum Gasteiger partial charge on any atom is 0.350 e. The molecule has 0 atom stereocenters. The minimum Gasteiger partial charge on any atom is -0.435 e. The second-order valence-corrected chi connectivity index (χ2v) is 3.84. The van der Waals surface area contributed by atoms with Crippen LogP contribution in [0.4, 0.5) is 0 Å². The molecule has 0 aliphatic rings. The van der Waals surface area contributed by atoms with Crippen molar-refractivity contribution in [3.8, 4) is 0 Å². The number of esters is 1. The molecule has 0 fully saturated rings. The van der Waals surface area contributed by atoms with Crippen molar-refractivity contribution in [3.63, 3.8) is 0 Å². The van der Waals surface area contributed by atoms with Gasteiger partial charge < -0.3 is 13.6 Å². The fourth-order valence-corrected chi connectivity index (χ4v) is 1.17. The quantitative estimate of drug-likeness (QED) is 0.346. The molecule has 4 nitrogen and oxygen atoms in total. The largest absolute Gasteiger partial charge is 0.435 e. The molecule has 0 N–H and O–H groups in total. The van der Waals surface area contributed by atoms with E-state index in [9.17, 15) is 4.79 Å². The number of rotatable bonds is 4. The standard InChI is InChI=1S/C6H12O4Si/c1-6(7)10-4-5-11(8-2)9-3/h4-5,11H,1-3H3. The Morgan fingerprint density at radius 3 is 2.27 bits per heavy atom. The van der Waals surface area contributed by atoms with Gasteiger partial charge in [-0.3, -0.25) is 4.79 Å². The monoisotopic (exact) mass is 176 g/mol. The van der Waals surface area contributed by atoms with Gasteiger partial charge in [-0.05, 0) is 5.70 Å². The maximum absolute atomic E-state index is 10.3. The van der Waals surface area contributed by atoms with E-state index in [0.717, 1.165) is 0 Å². The van der Waals surface area contributed by atoms with Crippen LogP contribution in [-0.4, -0.2) is 29.5 Å². The molecule has 0 saturated heterocycles. The summed E-state index contributed by atoms with van der Waals surface area (Å²) < 4.78 is 14.4. The van der Waals surface area contributed by atoms with Crippen molar-refractivity contribution in [3.05, 3.63) is 12.0 Å². The average Bonchev–Trinajstić information content (AvgIpc) is 1.98. The Balaban J connectivity index is 3.61. The fraction of sp³-hybridized carbons (Fsp3) is 0.500. The van der Waals surface area contributed by atoms with Crippen LogP contribution >= 0.6 is 0 Å². The average molecular weight is 176 g/mol. The summed E-state index contributed by atoms with van der Waals surface area (Å²) in [5.41, 5.74) is 1.63. The van der Waals surface area contributed by atoms with Gasteiger partial charge >= 0.3 is 15.3 Å². The Labute approximate surface area is 67.6 Å². The van der Waals surface area contributed by atoms with Crippen LogP contribution in [0, 0.1) is 0 Å². The number of carbonyl (C=O) groups is 1. The summed E-state index contributed by atoms with van der Waals surface area (Å²) >= 11 is 0. The van der Waals surface area contributed by atoms with Gasteiger partial charge in [-0.15, -0.1) is 0 Å².